The number of carbonyl (C=O) groups is 4. The van der Waals surface area contributed by atoms with Crippen molar-refractivity contribution in [2.75, 3.05) is 92.5 Å². The normalized spacial score (nSPS) is 10.9. The lowest BCUT2D eigenvalue weighted by Crippen LogP contribution is -2.20. The second kappa shape index (κ2) is 42.4. The van der Waals surface area contributed by atoms with Crippen LogP contribution in [0.2, 0.25) is 0 Å². The van der Waals surface area contributed by atoms with Gasteiger partial charge >= 0.3 is 23.9 Å². The van der Waals surface area contributed by atoms with Gasteiger partial charge in [-0.1, -0.05) is 80.1 Å². The summed E-state index contributed by atoms with van der Waals surface area (Å²) in [4.78, 5) is 46.1. The topological polar surface area (TPSA) is 151 Å². The van der Waals surface area contributed by atoms with Crippen molar-refractivity contribution in [1.29, 1.82) is 0 Å². The molecule has 314 valence electrons. The van der Waals surface area contributed by atoms with Gasteiger partial charge in [0.15, 0.2) is 0 Å². The molecule has 0 aliphatic heterocycles. The molecule has 0 aromatic rings. The Bertz CT molecular complexity index is 765. The predicted molar refractivity (Wildman–Crippen MR) is 204 cm³/mol. The fraction of sp³-hybridized carbons (Fsp3) is 0.900. The number of hydrogen-bond donors (Lipinski definition) is 0. The van der Waals surface area contributed by atoms with Crippen LogP contribution < -0.4 is 0 Å². The standard InChI is InChI=1S/C22H42O7.C18H34O6/c1-3-5-7-9-11-21(23)28-19-17-26-15-13-25-14-16-27-18-20-29-22(24)12-10-8-6-4-2;1-5-15(6-2)17(19)23-13-11-21-9-10-22-12-14-24-18(20)16(7-3)8-4/h3-20H2,1-2H3;15-16H,5-14H2,1-4H3. The van der Waals surface area contributed by atoms with Crippen LogP contribution >= 0.6 is 0 Å². The predicted octanol–water partition coefficient (Wildman–Crippen LogP) is 7.04. The van der Waals surface area contributed by atoms with Crippen LogP contribution in [0.4, 0.5) is 0 Å². The third kappa shape index (κ3) is 37.8. The largest absolute Gasteiger partial charge is 0.463 e. The zero-order chi connectivity index (χ0) is 39.6. The van der Waals surface area contributed by atoms with Gasteiger partial charge in [0, 0.05) is 12.8 Å². The van der Waals surface area contributed by atoms with E-state index in [0.29, 0.717) is 78.9 Å². The highest BCUT2D eigenvalue weighted by atomic mass is 16.6. The van der Waals surface area contributed by atoms with Gasteiger partial charge in [-0.3, -0.25) is 19.2 Å². The van der Waals surface area contributed by atoms with Gasteiger partial charge in [0.05, 0.1) is 77.9 Å². The summed E-state index contributed by atoms with van der Waals surface area (Å²) in [5.41, 5.74) is 0. The van der Waals surface area contributed by atoms with Crippen molar-refractivity contribution < 1.29 is 61.8 Å². The highest BCUT2D eigenvalue weighted by Gasteiger charge is 2.16. The Morgan fingerprint density at radius 3 is 0.868 bits per heavy atom. The van der Waals surface area contributed by atoms with Crippen LogP contribution in [0.5, 0.6) is 0 Å². The molecule has 0 atom stereocenters. The van der Waals surface area contributed by atoms with Crippen molar-refractivity contribution in [3.8, 4) is 0 Å². The maximum absolute atomic E-state index is 11.6. The third-order valence-corrected chi connectivity index (χ3v) is 8.15. The van der Waals surface area contributed by atoms with Gasteiger partial charge in [0.1, 0.15) is 26.4 Å². The molecule has 0 fully saturated rings. The number of hydrogen-bond acceptors (Lipinski definition) is 13. The van der Waals surface area contributed by atoms with Gasteiger partial charge in [0.2, 0.25) is 0 Å². The molecule has 0 rings (SSSR count). The minimum atomic E-state index is -0.154. The summed E-state index contributed by atoms with van der Waals surface area (Å²) in [6.45, 7) is 17.4. The number of ether oxygens (including phenoxy) is 9. The van der Waals surface area contributed by atoms with Crippen LogP contribution in [0, 0.1) is 11.8 Å². The van der Waals surface area contributed by atoms with Crippen molar-refractivity contribution >= 4 is 23.9 Å². The molecule has 0 aromatic carbocycles. The van der Waals surface area contributed by atoms with E-state index in [-0.39, 0.29) is 62.1 Å². The smallest absolute Gasteiger partial charge is 0.308 e. The molecule has 0 N–H and O–H groups in total. The van der Waals surface area contributed by atoms with Crippen LogP contribution in [0.15, 0.2) is 0 Å². The van der Waals surface area contributed by atoms with E-state index in [1.165, 1.54) is 0 Å². The molecule has 0 spiro atoms. The lowest BCUT2D eigenvalue weighted by atomic mass is 10.0. The van der Waals surface area contributed by atoms with E-state index in [4.69, 9.17) is 42.6 Å². The van der Waals surface area contributed by atoms with Gasteiger partial charge in [-0.15, -0.1) is 0 Å². The van der Waals surface area contributed by atoms with Crippen LogP contribution in [-0.4, -0.2) is 116 Å². The monoisotopic (exact) mass is 765 g/mol. The fourth-order valence-corrected chi connectivity index (χ4v) is 4.71. The van der Waals surface area contributed by atoms with E-state index in [9.17, 15) is 19.2 Å². The van der Waals surface area contributed by atoms with Crippen LogP contribution in [0.25, 0.3) is 0 Å². The highest BCUT2D eigenvalue weighted by Crippen LogP contribution is 2.10. The van der Waals surface area contributed by atoms with E-state index < -0.39 is 0 Å². The summed E-state index contributed by atoms with van der Waals surface area (Å²) in [5.74, 6) is -0.647. The first-order chi connectivity index (χ1) is 25.8. The SMILES string of the molecule is CCC(CC)C(=O)OCCOCCOCCOC(=O)C(CC)CC.CCCCCCC(=O)OCCOCCOCCOCCOC(=O)CCCCCC. The zero-order valence-electron chi connectivity index (χ0n) is 34.3. The number of unbranched alkanes of at least 4 members (excludes halogenated alkanes) is 6. The Hall–Kier alpha value is -2.32. The average Bonchev–Trinajstić information content (AvgIpc) is 3.15. The Kier molecular flexibility index (Phi) is 42.2. The first kappa shape index (κ1) is 52.8. The molecule has 0 bridgehead atoms. The molecule has 0 radical (unpaired) electrons. The van der Waals surface area contributed by atoms with E-state index in [2.05, 4.69) is 13.8 Å². The van der Waals surface area contributed by atoms with Crippen molar-refractivity contribution in [3.63, 3.8) is 0 Å². The second-order valence-corrected chi connectivity index (χ2v) is 12.5. The molecule has 0 unspecified atom stereocenters. The molecule has 13 nitrogen and oxygen atoms in total. The Labute approximate surface area is 321 Å². The summed E-state index contributed by atoms with van der Waals surface area (Å²) in [5, 5.41) is 0. The minimum absolute atomic E-state index is 0.0175. The maximum atomic E-state index is 11.6. The third-order valence-electron chi connectivity index (χ3n) is 8.15. The second-order valence-electron chi connectivity index (χ2n) is 12.5. The van der Waals surface area contributed by atoms with Gasteiger partial charge in [-0.2, -0.15) is 0 Å². The molecule has 0 saturated carbocycles. The number of carbonyl (C=O) groups excluding carboxylic acids is 4. The lowest BCUT2D eigenvalue weighted by Gasteiger charge is -2.12. The quantitative estimate of drug-likeness (QED) is 0.0362. The molecule has 0 aliphatic rings. The maximum Gasteiger partial charge on any atom is 0.308 e. The van der Waals surface area contributed by atoms with Gasteiger partial charge in [-0.25, -0.2) is 0 Å². The molecule has 13 heteroatoms. The van der Waals surface area contributed by atoms with Gasteiger partial charge < -0.3 is 42.6 Å². The molecular formula is C40H76O13. The molecular weight excluding hydrogens is 688 g/mol. The summed E-state index contributed by atoms with van der Waals surface area (Å²) >= 11 is 0. The summed E-state index contributed by atoms with van der Waals surface area (Å²) in [6, 6.07) is 0. The molecule has 0 aliphatic carbocycles. The highest BCUT2D eigenvalue weighted by molar-refractivity contribution is 5.72. The zero-order valence-corrected chi connectivity index (χ0v) is 34.3. The summed E-state index contributed by atoms with van der Waals surface area (Å²) < 4.78 is 47.2. The van der Waals surface area contributed by atoms with Crippen LogP contribution in [0.3, 0.4) is 0 Å². The van der Waals surface area contributed by atoms with Crippen molar-refractivity contribution in [2.24, 2.45) is 11.8 Å². The Morgan fingerprint density at radius 2 is 0.604 bits per heavy atom. The van der Waals surface area contributed by atoms with Crippen LogP contribution in [0.1, 0.15) is 131 Å². The van der Waals surface area contributed by atoms with E-state index in [0.717, 1.165) is 77.0 Å². The fourth-order valence-electron chi connectivity index (χ4n) is 4.71. The minimum Gasteiger partial charge on any atom is -0.463 e. The van der Waals surface area contributed by atoms with Gasteiger partial charge in [-0.05, 0) is 38.5 Å². The lowest BCUT2D eigenvalue weighted by molar-refractivity contribution is -0.152. The molecule has 53 heavy (non-hydrogen) atoms. The molecule has 0 amide bonds. The first-order valence-electron chi connectivity index (χ1n) is 20.3. The van der Waals surface area contributed by atoms with Crippen LogP contribution in [-0.2, 0) is 61.8 Å². The Morgan fingerprint density at radius 1 is 0.340 bits per heavy atom. The molecule has 0 aromatic heterocycles. The Balaban J connectivity index is 0. The van der Waals surface area contributed by atoms with E-state index >= 15 is 0 Å². The molecule has 0 heterocycles. The van der Waals surface area contributed by atoms with Gasteiger partial charge in [0.25, 0.3) is 0 Å². The first-order valence-corrected chi connectivity index (χ1v) is 20.3. The van der Waals surface area contributed by atoms with Crippen molar-refractivity contribution in [2.45, 2.75) is 131 Å². The van der Waals surface area contributed by atoms with Crippen molar-refractivity contribution in [3.05, 3.63) is 0 Å². The van der Waals surface area contributed by atoms with Crippen molar-refractivity contribution in [1.82, 2.24) is 0 Å². The van der Waals surface area contributed by atoms with E-state index in [1.54, 1.807) is 0 Å². The molecule has 0 saturated heterocycles. The summed E-state index contributed by atoms with van der Waals surface area (Å²) in [7, 11) is 0. The number of rotatable bonds is 37. The number of esters is 4. The average molecular weight is 765 g/mol. The summed E-state index contributed by atoms with van der Waals surface area (Å²) in [6.07, 6.45) is 12.7. The van der Waals surface area contributed by atoms with E-state index in [1.807, 2.05) is 27.7 Å².